The lowest BCUT2D eigenvalue weighted by molar-refractivity contribution is 0.317. The Morgan fingerprint density at radius 1 is 1.09 bits per heavy atom. The van der Waals surface area contributed by atoms with Crippen molar-refractivity contribution in [2.75, 3.05) is 17.5 Å². The molecule has 0 atom stereocenters. The predicted molar refractivity (Wildman–Crippen MR) is 86.9 cm³/mol. The summed E-state index contributed by atoms with van der Waals surface area (Å²) in [5.74, 6) is 0.697. The van der Waals surface area contributed by atoms with Crippen LogP contribution < -0.4 is 9.04 Å². The van der Waals surface area contributed by atoms with Gasteiger partial charge in [-0.05, 0) is 48.7 Å². The van der Waals surface area contributed by atoms with E-state index < -0.39 is 10.0 Å². The summed E-state index contributed by atoms with van der Waals surface area (Å²) in [6.45, 7) is 3.16. The standard InChI is InChI=1S/C17H19NO3S/c1-2-13-21-15-7-9-16(10-8-15)22(19,20)18-12-11-14-5-3-4-6-17(14)18/h3-10H,2,11-13H2,1H3. The van der Waals surface area contributed by atoms with Gasteiger partial charge in [0.2, 0.25) is 0 Å². The van der Waals surface area contributed by atoms with Crippen molar-refractivity contribution in [2.24, 2.45) is 0 Å². The molecule has 22 heavy (non-hydrogen) atoms. The minimum atomic E-state index is -3.51. The molecule has 0 amide bonds. The highest BCUT2D eigenvalue weighted by Gasteiger charge is 2.30. The Bertz CT molecular complexity index is 754. The van der Waals surface area contributed by atoms with Crippen molar-refractivity contribution in [1.82, 2.24) is 0 Å². The predicted octanol–water partition coefficient (Wildman–Crippen LogP) is 3.23. The van der Waals surface area contributed by atoms with Gasteiger partial charge in [-0.15, -0.1) is 0 Å². The molecule has 5 heteroatoms. The van der Waals surface area contributed by atoms with Crippen molar-refractivity contribution in [3.63, 3.8) is 0 Å². The summed E-state index contributed by atoms with van der Waals surface area (Å²) in [6, 6.07) is 14.3. The van der Waals surface area contributed by atoms with Crippen molar-refractivity contribution in [2.45, 2.75) is 24.7 Å². The van der Waals surface area contributed by atoms with Crippen LogP contribution in [0.1, 0.15) is 18.9 Å². The summed E-state index contributed by atoms with van der Waals surface area (Å²) in [5, 5.41) is 0. The van der Waals surface area contributed by atoms with Gasteiger partial charge in [0.25, 0.3) is 10.0 Å². The van der Waals surface area contributed by atoms with E-state index in [-0.39, 0.29) is 0 Å². The lowest BCUT2D eigenvalue weighted by Crippen LogP contribution is -2.29. The van der Waals surface area contributed by atoms with E-state index in [1.54, 1.807) is 24.3 Å². The topological polar surface area (TPSA) is 46.6 Å². The molecule has 4 nitrogen and oxygen atoms in total. The Hall–Kier alpha value is -2.01. The second-order valence-electron chi connectivity index (χ2n) is 5.28. The third-order valence-corrected chi connectivity index (χ3v) is 5.56. The first-order valence-corrected chi connectivity index (χ1v) is 8.90. The highest BCUT2D eigenvalue weighted by molar-refractivity contribution is 7.92. The summed E-state index contributed by atoms with van der Waals surface area (Å²) in [5.41, 5.74) is 1.86. The van der Waals surface area contributed by atoms with Crippen LogP contribution in [0.2, 0.25) is 0 Å². The average molecular weight is 317 g/mol. The molecule has 0 fully saturated rings. The van der Waals surface area contributed by atoms with Gasteiger partial charge in [-0.25, -0.2) is 8.42 Å². The van der Waals surface area contributed by atoms with Crippen molar-refractivity contribution in [3.05, 3.63) is 54.1 Å². The molecule has 3 rings (SSSR count). The zero-order valence-corrected chi connectivity index (χ0v) is 13.3. The lowest BCUT2D eigenvalue weighted by atomic mass is 10.2. The Balaban J connectivity index is 1.88. The van der Waals surface area contributed by atoms with Gasteiger partial charge in [0.05, 0.1) is 17.2 Å². The van der Waals surface area contributed by atoms with E-state index in [4.69, 9.17) is 4.74 Å². The maximum atomic E-state index is 12.8. The number of ether oxygens (including phenoxy) is 1. The maximum absolute atomic E-state index is 12.8. The molecule has 0 unspecified atom stereocenters. The summed E-state index contributed by atoms with van der Waals surface area (Å²) >= 11 is 0. The van der Waals surface area contributed by atoms with Crippen LogP contribution in [0.25, 0.3) is 0 Å². The minimum absolute atomic E-state index is 0.299. The first kappa shape index (κ1) is 14.9. The van der Waals surface area contributed by atoms with Gasteiger partial charge in [0.1, 0.15) is 5.75 Å². The lowest BCUT2D eigenvalue weighted by Gasteiger charge is -2.19. The van der Waals surface area contributed by atoms with E-state index in [0.29, 0.717) is 23.8 Å². The summed E-state index contributed by atoms with van der Waals surface area (Å²) in [7, 11) is -3.51. The van der Waals surface area contributed by atoms with Crippen LogP contribution in [0.4, 0.5) is 5.69 Å². The molecule has 0 radical (unpaired) electrons. The third kappa shape index (κ3) is 2.68. The van der Waals surface area contributed by atoms with Crippen LogP contribution in [0.15, 0.2) is 53.4 Å². The highest BCUT2D eigenvalue weighted by atomic mass is 32.2. The number of nitrogens with zero attached hydrogens (tertiary/aromatic N) is 1. The van der Waals surface area contributed by atoms with Crippen LogP contribution in [0.3, 0.4) is 0 Å². The van der Waals surface area contributed by atoms with Crippen LogP contribution in [-0.2, 0) is 16.4 Å². The van der Waals surface area contributed by atoms with E-state index in [1.165, 1.54) is 4.31 Å². The molecule has 0 aromatic heterocycles. The number of hydrogen-bond acceptors (Lipinski definition) is 3. The van der Waals surface area contributed by atoms with Gasteiger partial charge in [0, 0.05) is 6.54 Å². The molecule has 116 valence electrons. The molecular formula is C17H19NO3S. The number of fused-ring (bicyclic) bond motifs is 1. The number of para-hydroxylation sites is 1. The van der Waals surface area contributed by atoms with E-state index in [1.807, 2.05) is 31.2 Å². The minimum Gasteiger partial charge on any atom is -0.494 e. The first-order valence-electron chi connectivity index (χ1n) is 7.46. The van der Waals surface area contributed by atoms with E-state index in [9.17, 15) is 8.42 Å². The van der Waals surface area contributed by atoms with Crippen molar-refractivity contribution in [3.8, 4) is 5.75 Å². The molecule has 0 spiro atoms. The van der Waals surface area contributed by atoms with Crippen molar-refractivity contribution in [1.29, 1.82) is 0 Å². The second kappa shape index (κ2) is 6.01. The van der Waals surface area contributed by atoms with Gasteiger partial charge in [-0.3, -0.25) is 4.31 Å². The van der Waals surface area contributed by atoms with Gasteiger partial charge in [-0.2, -0.15) is 0 Å². The molecule has 0 aliphatic carbocycles. The second-order valence-corrected chi connectivity index (χ2v) is 7.14. The molecule has 2 aromatic carbocycles. The number of sulfonamides is 1. The van der Waals surface area contributed by atoms with Crippen molar-refractivity contribution < 1.29 is 13.2 Å². The molecule has 0 N–H and O–H groups in total. The van der Waals surface area contributed by atoms with Crippen LogP contribution in [-0.4, -0.2) is 21.6 Å². The maximum Gasteiger partial charge on any atom is 0.264 e. The molecule has 0 saturated carbocycles. The molecule has 0 saturated heterocycles. The summed E-state index contributed by atoms with van der Waals surface area (Å²) in [6.07, 6.45) is 1.68. The fourth-order valence-corrected chi connectivity index (χ4v) is 4.12. The first-order chi connectivity index (χ1) is 10.6. The van der Waals surface area contributed by atoms with Gasteiger partial charge in [0.15, 0.2) is 0 Å². The number of benzene rings is 2. The molecule has 1 aliphatic heterocycles. The summed E-state index contributed by atoms with van der Waals surface area (Å²) in [4.78, 5) is 0.299. The molecule has 1 aliphatic rings. The molecule has 1 heterocycles. The smallest absolute Gasteiger partial charge is 0.264 e. The molecule has 0 bridgehead atoms. The number of rotatable bonds is 5. The van der Waals surface area contributed by atoms with Gasteiger partial charge in [-0.1, -0.05) is 25.1 Å². The van der Waals surface area contributed by atoms with E-state index in [2.05, 4.69) is 0 Å². The zero-order valence-electron chi connectivity index (χ0n) is 12.5. The van der Waals surface area contributed by atoms with Gasteiger partial charge >= 0.3 is 0 Å². The number of hydrogen-bond donors (Lipinski definition) is 0. The van der Waals surface area contributed by atoms with Gasteiger partial charge < -0.3 is 4.74 Å². The Kier molecular flexibility index (Phi) is 4.07. The fourth-order valence-electron chi connectivity index (χ4n) is 2.61. The van der Waals surface area contributed by atoms with E-state index in [0.717, 1.165) is 24.1 Å². The Morgan fingerprint density at radius 2 is 1.82 bits per heavy atom. The van der Waals surface area contributed by atoms with Crippen molar-refractivity contribution >= 4 is 15.7 Å². The van der Waals surface area contributed by atoms with E-state index >= 15 is 0 Å². The zero-order chi connectivity index (χ0) is 15.6. The monoisotopic (exact) mass is 317 g/mol. The summed E-state index contributed by atoms with van der Waals surface area (Å²) < 4.78 is 32.6. The SMILES string of the molecule is CCCOc1ccc(S(=O)(=O)N2CCc3ccccc32)cc1. The molecular weight excluding hydrogens is 298 g/mol. The fraction of sp³-hybridized carbons (Fsp3) is 0.294. The Morgan fingerprint density at radius 3 is 2.55 bits per heavy atom. The molecule has 2 aromatic rings. The third-order valence-electron chi connectivity index (χ3n) is 3.73. The van der Waals surface area contributed by atoms with Crippen LogP contribution in [0, 0.1) is 0 Å². The quantitative estimate of drug-likeness (QED) is 0.850. The van der Waals surface area contributed by atoms with Crippen LogP contribution in [0.5, 0.6) is 5.75 Å². The largest absolute Gasteiger partial charge is 0.494 e. The highest BCUT2D eigenvalue weighted by Crippen LogP contribution is 2.32. The average Bonchev–Trinajstić information content (AvgIpc) is 2.98. The number of anilines is 1. The van der Waals surface area contributed by atoms with Crippen LogP contribution >= 0.6 is 0 Å². The normalized spacial score (nSPS) is 14.0. The Labute approximate surface area is 131 Å².